The molecule has 4 aromatic rings. The van der Waals surface area contributed by atoms with Gasteiger partial charge in [-0.2, -0.15) is 0 Å². The van der Waals surface area contributed by atoms with E-state index >= 15 is 0 Å². The van der Waals surface area contributed by atoms with Gasteiger partial charge in [-0.25, -0.2) is 9.78 Å². The van der Waals surface area contributed by atoms with E-state index in [9.17, 15) is 9.59 Å². The quantitative estimate of drug-likeness (QED) is 0.328. The minimum Gasteiger partial charge on any atom is -0.444 e. The summed E-state index contributed by atoms with van der Waals surface area (Å²) >= 11 is 0. The van der Waals surface area contributed by atoms with Gasteiger partial charge in [-0.1, -0.05) is 78.9 Å². The number of rotatable bonds is 7. The van der Waals surface area contributed by atoms with Gasteiger partial charge in [0.25, 0.3) is 0 Å². The molecule has 0 saturated heterocycles. The number of aryl methyl sites for hydroxylation is 1. The first-order valence-electron chi connectivity index (χ1n) is 11.6. The van der Waals surface area contributed by atoms with Gasteiger partial charge in [-0.3, -0.25) is 10.1 Å². The molecular formula is C29H26N2O4. The first-order valence-corrected chi connectivity index (χ1v) is 11.6. The molecule has 1 aromatic heterocycles. The molecule has 1 N–H and O–H groups in total. The lowest BCUT2D eigenvalue weighted by Crippen LogP contribution is -2.16. The van der Waals surface area contributed by atoms with Gasteiger partial charge >= 0.3 is 6.09 Å². The number of nitrogens with zero attached hydrogens (tertiary/aromatic N) is 1. The van der Waals surface area contributed by atoms with Crippen LogP contribution in [0.1, 0.15) is 36.8 Å². The molecule has 1 amide bonds. The first-order chi connectivity index (χ1) is 16.9. The Balaban J connectivity index is 1.29. The highest BCUT2D eigenvalue weighted by Gasteiger charge is 2.48. The van der Waals surface area contributed by atoms with Crippen LogP contribution in [0.3, 0.4) is 0 Å². The highest BCUT2D eigenvalue weighted by Crippen LogP contribution is 2.49. The fourth-order valence-corrected chi connectivity index (χ4v) is 4.33. The number of hydrogen-bond donors (Lipinski definition) is 1. The molecule has 5 rings (SSSR count). The molecule has 6 nitrogen and oxygen atoms in total. The number of amides is 1. The third-order valence-corrected chi connectivity index (χ3v) is 6.52. The van der Waals surface area contributed by atoms with E-state index in [1.807, 2.05) is 54.6 Å². The third kappa shape index (κ3) is 4.73. The highest BCUT2D eigenvalue weighted by molar-refractivity contribution is 5.91. The predicted molar refractivity (Wildman–Crippen MR) is 134 cm³/mol. The summed E-state index contributed by atoms with van der Waals surface area (Å²) in [6, 6.07) is 25.6. The summed E-state index contributed by atoms with van der Waals surface area (Å²) in [6.45, 7) is 3.57. The zero-order valence-corrected chi connectivity index (χ0v) is 19.7. The van der Waals surface area contributed by atoms with Gasteiger partial charge in [0.2, 0.25) is 5.88 Å². The van der Waals surface area contributed by atoms with Crippen LogP contribution in [0.25, 0.3) is 22.4 Å². The van der Waals surface area contributed by atoms with E-state index in [1.165, 1.54) is 0 Å². The van der Waals surface area contributed by atoms with Gasteiger partial charge in [-0.05, 0) is 42.0 Å². The van der Waals surface area contributed by atoms with Crippen molar-refractivity contribution < 1.29 is 18.7 Å². The van der Waals surface area contributed by atoms with Gasteiger partial charge in [0, 0.05) is 12.5 Å². The molecule has 1 aliphatic rings. The van der Waals surface area contributed by atoms with Crippen LogP contribution in [0.2, 0.25) is 0 Å². The van der Waals surface area contributed by atoms with E-state index in [0.29, 0.717) is 11.6 Å². The number of benzene rings is 3. The summed E-state index contributed by atoms with van der Waals surface area (Å²) in [5.74, 6) is 0.931. The van der Waals surface area contributed by atoms with Gasteiger partial charge in [0.1, 0.15) is 18.1 Å². The van der Waals surface area contributed by atoms with E-state index in [1.54, 1.807) is 13.8 Å². The van der Waals surface area contributed by atoms with Crippen LogP contribution in [-0.4, -0.2) is 16.9 Å². The fourth-order valence-electron chi connectivity index (χ4n) is 4.33. The molecule has 35 heavy (non-hydrogen) atoms. The van der Waals surface area contributed by atoms with Crippen molar-refractivity contribution in [1.82, 2.24) is 4.98 Å². The number of nitrogens with one attached hydrogen (secondary N) is 1. The van der Waals surface area contributed by atoms with Gasteiger partial charge in [-0.15, -0.1) is 0 Å². The van der Waals surface area contributed by atoms with Crippen molar-refractivity contribution in [2.24, 2.45) is 0 Å². The molecular weight excluding hydrogens is 440 g/mol. The maximum absolute atomic E-state index is 12.3. The number of hydrogen-bond acceptors (Lipinski definition) is 5. The summed E-state index contributed by atoms with van der Waals surface area (Å²) < 4.78 is 10.9. The topological polar surface area (TPSA) is 81.4 Å². The molecule has 1 heterocycles. The van der Waals surface area contributed by atoms with Crippen LogP contribution >= 0.6 is 0 Å². The molecule has 0 atom stereocenters. The second-order valence-electron chi connectivity index (χ2n) is 8.89. The lowest BCUT2D eigenvalue weighted by molar-refractivity contribution is -0.119. The van der Waals surface area contributed by atoms with Gasteiger partial charge < -0.3 is 9.15 Å². The zero-order valence-electron chi connectivity index (χ0n) is 19.7. The van der Waals surface area contributed by atoms with E-state index in [-0.39, 0.29) is 23.7 Å². The van der Waals surface area contributed by atoms with Crippen LogP contribution in [-0.2, 0) is 21.6 Å². The largest absolute Gasteiger partial charge is 0.444 e. The van der Waals surface area contributed by atoms with Crippen LogP contribution in [0.5, 0.6) is 0 Å². The van der Waals surface area contributed by atoms with Crippen molar-refractivity contribution >= 4 is 17.8 Å². The summed E-state index contributed by atoms with van der Waals surface area (Å²) in [5.41, 5.74) is 5.20. The summed E-state index contributed by atoms with van der Waals surface area (Å²) in [5, 5.41) is 2.66. The molecule has 0 bridgehead atoms. The van der Waals surface area contributed by atoms with E-state index < -0.39 is 6.09 Å². The number of carbonyl (C=O) groups excluding carboxylic acids is 2. The van der Waals surface area contributed by atoms with Crippen LogP contribution < -0.4 is 5.32 Å². The van der Waals surface area contributed by atoms with Crippen molar-refractivity contribution in [3.8, 4) is 22.4 Å². The molecule has 3 aromatic carbocycles. The number of oxazole rings is 1. The number of ketones is 1. The normalized spacial score (nSPS) is 13.8. The minimum atomic E-state index is -0.609. The molecule has 0 spiro atoms. The number of aromatic nitrogens is 1. The molecule has 0 unspecified atom stereocenters. The van der Waals surface area contributed by atoms with Crippen molar-refractivity contribution in [2.75, 3.05) is 5.32 Å². The van der Waals surface area contributed by atoms with Crippen LogP contribution in [0, 0.1) is 6.92 Å². The number of Topliss-reactive ketones (excluding diaryl/α,β-unsaturated/α-hetero) is 1. The monoisotopic (exact) mass is 466 g/mol. The van der Waals surface area contributed by atoms with E-state index in [0.717, 1.165) is 40.7 Å². The molecule has 1 fully saturated rings. The van der Waals surface area contributed by atoms with Crippen LogP contribution in [0.4, 0.5) is 10.7 Å². The number of carbonyl (C=O) groups is 2. The average molecular weight is 467 g/mol. The zero-order chi connectivity index (χ0) is 24.4. The Morgan fingerprint density at radius 1 is 0.914 bits per heavy atom. The Hall–Kier alpha value is -4.19. The molecule has 0 aliphatic heterocycles. The molecule has 1 saturated carbocycles. The Kier molecular flexibility index (Phi) is 5.95. The lowest BCUT2D eigenvalue weighted by atomic mass is 9.90. The van der Waals surface area contributed by atoms with Crippen molar-refractivity contribution in [1.29, 1.82) is 0 Å². The number of anilines is 1. The van der Waals surface area contributed by atoms with Crippen molar-refractivity contribution in [2.45, 2.75) is 38.7 Å². The lowest BCUT2D eigenvalue weighted by Gasteiger charge is -2.12. The maximum atomic E-state index is 12.3. The summed E-state index contributed by atoms with van der Waals surface area (Å²) in [7, 11) is 0. The minimum absolute atomic E-state index is 0.163. The Morgan fingerprint density at radius 3 is 2.11 bits per heavy atom. The Labute approximate surface area is 204 Å². The molecule has 176 valence electrons. The summed E-state index contributed by atoms with van der Waals surface area (Å²) in [6.07, 6.45) is 1.26. The van der Waals surface area contributed by atoms with Gasteiger partial charge in [0.15, 0.2) is 5.89 Å². The second-order valence-corrected chi connectivity index (χ2v) is 8.89. The van der Waals surface area contributed by atoms with Crippen molar-refractivity contribution in [3.63, 3.8) is 0 Å². The molecule has 1 aliphatic carbocycles. The second kappa shape index (κ2) is 9.22. The predicted octanol–water partition coefficient (Wildman–Crippen LogP) is 6.69. The van der Waals surface area contributed by atoms with Gasteiger partial charge in [0.05, 0.1) is 5.41 Å². The number of ether oxygens (including phenoxy) is 1. The third-order valence-electron chi connectivity index (χ3n) is 6.52. The smallest absolute Gasteiger partial charge is 0.414 e. The van der Waals surface area contributed by atoms with Crippen LogP contribution in [0.15, 0.2) is 83.3 Å². The molecule has 6 heteroatoms. The van der Waals surface area contributed by atoms with E-state index in [2.05, 4.69) is 34.6 Å². The average Bonchev–Trinajstić information content (AvgIpc) is 3.62. The standard InChI is InChI=1S/C29H26N2O4/c1-19(32)29(16-17-29)25-14-12-23(13-15-25)22-8-10-24(11-9-22)26-27(35-20(2)30-26)31-28(33)34-18-21-6-4-3-5-7-21/h3-15H,16-18H2,1-2H3,(H,31,33). The first kappa shape index (κ1) is 22.6. The SMILES string of the molecule is CC(=O)C1(c2ccc(-c3ccc(-c4nc(C)oc4NC(=O)OCc4ccccc4)cc3)cc2)CC1. The highest BCUT2D eigenvalue weighted by atomic mass is 16.6. The maximum Gasteiger partial charge on any atom is 0.414 e. The Bertz CT molecular complexity index is 1350. The summed E-state index contributed by atoms with van der Waals surface area (Å²) in [4.78, 5) is 28.8. The van der Waals surface area contributed by atoms with E-state index in [4.69, 9.17) is 9.15 Å². The molecule has 0 radical (unpaired) electrons. The van der Waals surface area contributed by atoms with Crippen molar-refractivity contribution in [3.05, 3.63) is 95.9 Å². The Morgan fingerprint density at radius 2 is 1.51 bits per heavy atom. The fraction of sp³-hybridized carbons (Fsp3) is 0.207.